The van der Waals surface area contributed by atoms with E-state index in [1.807, 2.05) is 0 Å². The summed E-state index contributed by atoms with van der Waals surface area (Å²) in [6.45, 7) is 1.44. The molecular formula is C9H9Cl3O2. The molecule has 0 aliphatic rings. The van der Waals surface area contributed by atoms with Crippen molar-refractivity contribution in [3.8, 4) is 0 Å². The van der Waals surface area contributed by atoms with Gasteiger partial charge in [0.25, 0.3) is 0 Å². The molecule has 0 radical (unpaired) electrons. The van der Waals surface area contributed by atoms with Gasteiger partial charge in [-0.2, -0.15) is 0 Å². The van der Waals surface area contributed by atoms with Gasteiger partial charge in [0.1, 0.15) is 6.61 Å². The lowest BCUT2D eigenvalue weighted by Crippen LogP contribution is -1.98. The third kappa shape index (κ3) is 7.01. The summed E-state index contributed by atoms with van der Waals surface area (Å²) in [5.74, 6) is -0.0681. The first-order valence-electron chi connectivity index (χ1n) is 3.67. The van der Waals surface area contributed by atoms with Crippen LogP contribution < -0.4 is 0 Å². The average molecular weight is 256 g/mol. The summed E-state index contributed by atoms with van der Waals surface area (Å²) in [6.07, 6.45) is 4.17. The van der Waals surface area contributed by atoms with E-state index in [4.69, 9.17) is 39.5 Å². The van der Waals surface area contributed by atoms with Crippen molar-refractivity contribution in [1.29, 1.82) is 0 Å². The van der Waals surface area contributed by atoms with E-state index in [2.05, 4.69) is 0 Å². The first-order valence-corrected chi connectivity index (χ1v) is 4.86. The Balaban J connectivity index is 4.10. The van der Waals surface area contributed by atoms with E-state index in [-0.39, 0.29) is 17.4 Å². The maximum Gasteiger partial charge on any atom is 0.167 e. The number of hydrogen-bond donors (Lipinski definition) is 0. The zero-order chi connectivity index (χ0) is 11.0. The van der Waals surface area contributed by atoms with Crippen LogP contribution in [0.25, 0.3) is 0 Å². The lowest BCUT2D eigenvalue weighted by molar-refractivity contribution is -0.119. The molecule has 78 valence electrons. The quantitative estimate of drug-likeness (QED) is 0.555. The van der Waals surface area contributed by atoms with Crippen molar-refractivity contribution in [2.75, 3.05) is 6.61 Å². The number of allylic oxidation sites excluding steroid dienone is 4. The molecule has 0 aliphatic carbocycles. The van der Waals surface area contributed by atoms with Crippen molar-refractivity contribution in [3.05, 3.63) is 34.0 Å². The van der Waals surface area contributed by atoms with E-state index in [1.165, 1.54) is 30.9 Å². The van der Waals surface area contributed by atoms with Crippen LogP contribution in [0.2, 0.25) is 0 Å². The van der Waals surface area contributed by atoms with Crippen LogP contribution in [-0.2, 0) is 9.53 Å². The van der Waals surface area contributed by atoms with E-state index in [0.29, 0.717) is 5.03 Å². The molecule has 0 fully saturated rings. The fourth-order valence-corrected chi connectivity index (χ4v) is 0.919. The summed E-state index contributed by atoms with van der Waals surface area (Å²) in [5.41, 5.74) is 1.25. The fraction of sp³-hybridized carbons (Fsp3) is 0.222. The largest absolute Gasteiger partial charge is 0.493 e. The molecule has 0 heterocycles. The fourth-order valence-electron chi connectivity index (χ4n) is 0.488. The van der Waals surface area contributed by atoms with Gasteiger partial charge in [0, 0.05) is 5.54 Å². The Kier molecular flexibility index (Phi) is 7.67. The molecule has 0 aromatic rings. The van der Waals surface area contributed by atoms with Crippen molar-refractivity contribution >= 4 is 40.6 Å². The monoisotopic (exact) mass is 254 g/mol. The maximum atomic E-state index is 10.5. The summed E-state index contributed by atoms with van der Waals surface area (Å²) in [6, 6.07) is 0. The standard InChI is InChI=1S/C9H9Cl3O2/c1-7(13)6-14-5-3-9(12)8(11)2-4-10/h2-5H,6H2,1H3/b4-2+,5-3+,9-8-. The Morgan fingerprint density at radius 2 is 1.86 bits per heavy atom. The number of carbonyl (C=O) groups is 1. The smallest absolute Gasteiger partial charge is 0.167 e. The number of hydrogen-bond acceptors (Lipinski definition) is 2. The molecule has 0 bridgehead atoms. The highest BCUT2D eigenvalue weighted by atomic mass is 35.5. The summed E-state index contributed by atoms with van der Waals surface area (Å²) < 4.78 is 4.83. The number of ether oxygens (including phenoxy) is 1. The minimum atomic E-state index is -0.0681. The highest BCUT2D eigenvalue weighted by molar-refractivity contribution is 6.41. The van der Waals surface area contributed by atoms with Gasteiger partial charge in [-0.05, 0) is 19.1 Å². The van der Waals surface area contributed by atoms with Crippen molar-refractivity contribution in [1.82, 2.24) is 0 Å². The van der Waals surface area contributed by atoms with Gasteiger partial charge in [0.2, 0.25) is 0 Å². The van der Waals surface area contributed by atoms with Gasteiger partial charge < -0.3 is 4.74 Å². The van der Waals surface area contributed by atoms with E-state index in [1.54, 1.807) is 0 Å². The predicted molar refractivity (Wildman–Crippen MR) is 59.5 cm³/mol. The van der Waals surface area contributed by atoms with Crippen molar-refractivity contribution in [2.45, 2.75) is 6.92 Å². The molecule has 0 spiro atoms. The van der Waals surface area contributed by atoms with Gasteiger partial charge in [0.15, 0.2) is 5.78 Å². The number of Topliss-reactive ketones (excluding diaryl/α,β-unsaturated/α-hetero) is 1. The van der Waals surface area contributed by atoms with Crippen LogP contribution in [0.1, 0.15) is 6.92 Å². The first-order chi connectivity index (χ1) is 6.57. The molecule has 0 saturated heterocycles. The molecule has 0 aromatic carbocycles. The summed E-state index contributed by atoms with van der Waals surface area (Å²) in [7, 11) is 0. The van der Waals surface area contributed by atoms with Gasteiger partial charge >= 0.3 is 0 Å². The SMILES string of the molecule is CC(=O)CO/C=C/C(Cl)=C(Cl)\C=C\Cl. The van der Waals surface area contributed by atoms with Crippen LogP contribution in [0.5, 0.6) is 0 Å². The van der Waals surface area contributed by atoms with Crippen molar-refractivity contribution in [3.63, 3.8) is 0 Å². The van der Waals surface area contributed by atoms with Gasteiger partial charge in [0.05, 0.1) is 16.3 Å². The second kappa shape index (κ2) is 7.92. The van der Waals surface area contributed by atoms with E-state index in [0.717, 1.165) is 0 Å². The van der Waals surface area contributed by atoms with Crippen LogP contribution in [0.3, 0.4) is 0 Å². The van der Waals surface area contributed by atoms with Gasteiger partial charge in [-0.25, -0.2) is 0 Å². The zero-order valence-corrected chi connectivity index (χ0v) is 9.73. The van der Waals surface area contributed by atoms with Crippen LogP contribution in [0.15, 0.2) is 34.0 Å². The second-order valence-corrected chi connectivity index (χ2v) is 3.37. The zero-order valence-electron chi connectivity index (χ0n) is 7.47. The summed E-state index contributed by atoms with van der Waals surface area (Å²) in [4.78, 5) is 10.5. The average Bonchev–Trinajstić information content (AvgIpc) is 2.12. The summed E-state index contributed by atoms with van der Waals surface area (Å²) in [5, 5.41) is 0.580. The molecule has 0 saturated carbocycles. The van der Waals surface area contributed by atoms with Gasteiger partial charge in [-0.1, -0.05) is 34.8 Å². The normalized spacial score (nSPS) is 13.4. The Morgan fingerprint density at radius 1 is 1.29 bits per heavy atom. The molecule has 0 atom stereocenters. The van der Waals surface area contributed by atoms with Crippen molar-refractivity contribution < 1.29 is 9.53 Å². The Morgan fingerprint density at radius 3 is 2.36 bits per heavy atom. The number of ketones is 1. The third-order valence-corrected chi connectivity index (χ3v) is 1.92. The highest BCUT2D eigenvalue weighted by Gasteiger charge is 1.94. The van der Waals surface area contributed by atoms with Gasteiger partial charge in [-0.3, -0.25) is 4.79 Å². The number of halogens is 3. The molecule has 5 heteroatoms. The van der Waals surface area contributed by atoms with Gasteiger partial charge in [-0.15, -0.1) is 0 Å². The van der Waals surface area contributed by atoms with Crippen LogP contribution >= 0.6 is 34.8 Å². The predicted octanol–water partition coefficient (Wildman–Crippen LogP) is 3.55. The highest BCUT2D eigenvalue weighted by Crippen LogP contribution is 2.16. The third-order valence-electron chi connectivity index (χ3n) is 1.03. The van der Waals surface area contributed by atoms with E-state index in [9.17, 15) is 4.79 Å². The molecule has 0 unspecified atom stereocenters. The minimum absolute atomic E-state index is 0.0175. The lowest BCUT2D eigenvalue weighted by Gasteiger charge is -1.95. The van der Waals surface area contributed by atoms with Crippen LogP contribution in [0.4, 0.5) is 0 Å². The molecule has 14 heavy (non-hydrogen) atoms. The minimum Gasteiger partial charge on any atom is -0.493 e. The molecule has 2 nitrogen and oxygen atoms in total. The Hall–Kier alpha value is -0.440. The molecule has 0 rings (SSSR count). The topological polar surface area (TPSA) is 26.3 Å². The van der Waals surface area contributed by atoms with Crippen LogP contribution in [0, 0.1) is 0 Å². The molecule has 0 N–H and O–H groups in total. The molecule has 0 amide bonds. The number of rotatable bonds is 5. The Labute approximate surface area is 97.8 Å². The second-order valence-electron chi connectivity index (χ2n) is 2.30. The maximum absolute atomic E-state index is 10.5. The molecule has 0 aliphatic heterocycles. The lowest BCUT2D eigenvalue weighted by atomic mass is 10.4. The van der Waals surface area contributed by atoms with Crippen molar-refractivity contribution in [2.24, 2.45) is 0 Å². The first kappa shape index (κ1) is 13.6. The Bertz CT molecular complexity index is 280. The van der Waals surface area contributed by atoms with Crippen LogP contribution in [-0.4, -0.2) is 12.4 Å². The number of carbonyl (C=O) groups excluding carboxylic acids is 1. The molecule has 0 aromatic heterocycles. The van der Waals surface area contributed by atoms with E-state index < -0.39 is 0 Å². The molecular weight excluding hydrogens is 246 g/mol. The van der Waals surface area contributed by atoms with E-state index >= 15 is 0 Å². The summed E-state index contributed by atoms with van der Waals surface area (Å²) >= 11 is 16.7.